The maximum absolute atomic E-state index is 12.8. The molecule has 0 saturated heterocycles. The van der Waals surface area contributed by atoms with E-state index in [-0.39, 0.29) is 5.56 Å². The van der Waals surface area contributed by atoms with E-state index in [2.05, 4.69) is 4.98 Å². The molecular weight excluding hydrogens is 381 g/mol. The molecule has 3 nitrogen and oxygen atoms in total. The van der Waals surface area contributed by atoms with E-state index in [9.17, 15) is 18.0 Å². The zero-order chi connectivity index (χ0) is 18.3. The number of nitrogens with zero attached hydrogens (tertiary/aromatic N) is 2. The van der Waals surface area contributed by atoms with Crippen molar-refractivity contribution in [3.63, 3.8) is 0 Å². The Morgan fingerprint density at radius 3 is 2.69 bits per heavy atom. The molecule has 8 heteroatoms. The maximum atomic E-state index is 12.8. The van der Waals surface area contributed by atoms with Gasteiger partial charge in [-0.3, -0.25) is 9.20 Å². The van der Waals surface area contributed by atoms with Crippen LogP contribution in [0.4, 0.5) is 13.2 Å². The number of aromatic nitrogens is 2. The lowest BCUT2D eigenvalue weighted by molar-refractivity contribution is -0.137. The number of para-hydroxylation sites is 1. The van der Waals surface area contributed by atoms with E-state index >= 15 is 0 Å². The van der Waals surface area contributed by atoms with Crippen LogP contribution in [0.5, 0.6) is 0 Å². The van der Waals surface area contributed by atoms with Gasteiger partial charge in [-0.2, -0.15) is 13.2 Å². The number of rotatable bonds is 3. The van der Waals surface area contributed by atoms with E-state index < -0.39 is 11.7 Å². The Balaban J connectivity index is 1.64. The third kappa shape index (κ3) is 3.22. The summed E-state index contributed by atoms with van der Waals surface area (Å²) in [6, 6.07) is 14.1. The summed E-state index contributed by atoms with van der Waals surface area (Å²) in [4.78, 5) is 18.0. The predicted molar refractivity (Wildman–Crippen MR) is 97.9 cm³/mol. The normalized spacial score (nSPS) is 12.1. The second-order valence-electron chi connectivity index (χ2n) is 5.59. The van der Waals surface area contributed by atoms with E-state index in [0.717, 1.165) is 22.3 Å². The fourth-order valence-corrected chi connectivity index (χ4v) is 4.51. The van der Waals surface area contributed by atoms with Gasteiger partial charge in [0, 0.05) is 16.7 Å². The van der Waals surface area contributed by atoms with Crippen LogP contribution in [0.2, 0.25) is 0 Å². The second kappa shape index (κ2) is 6.44. The molecule has 0 N–H and O–H groups in total. The van der Waals surface area contributed by atoms with Crippen LogP contribution in [-0.4, -0.2) is 9.38 Å². The topological polar surface area (TPSA) is 34.4 Å². The summed E-state index contributed by atoms with van der Waals surface area (Å²) < 4.78 is 40.9. The van der Waals surface area contributed by atoms with E-state index in [1.54, 1.807) is 10.5 Å². The minimum Gasteiger partial charge on any atom is -0.269 e. The number of halogens is 3. The number of hydrogen-bond donors (Lipinski definition) is 0. The molecule has 132 valence electrons. The fourth-order valence-electron chi connectivity index (χ4n) is 2.62. The zero-order valence-corrected chi connectivity index (χ0v) is 14.8. The minimum absolute atomic E-state index is 0.188. The van der Waals surface area contributed by atoms with Crippen molar-refractivity contribution in [2.24, 2.45) is 0 Å². The summed E-state index contributed by atoms with van der Waals surface area (Å²) in [5.74, 6) is 0.321. The van der Waals surface area contributed by atoms with Gasteiger partial charge in [-0.05, 0) is 30.3 Å². The van der Waals surface area contributed by atoms with Gasteiger partial charge in [0.25, 0.3) is 5.56 Å². The lowest BCUT2D eigenvalue weighted by atomic mass is 10.2. The number of thioether (sulfide) groups is 1. The van der Waals surface area contributed by atoms with Gasteiger partial charge in [0.1, 0.15) is 0 Å². The molecule has 0 amide bonds. The maximum Gasteiger partial charge on any atom is 0.416 e. The molecule has 0 aliphatic carbocycles. The highest BCUT2D eigenvalue weighted by molar-refractivity contribution is 7.98. The number of hydrogen-bond acceptors (Lipinski definition) is 4. The van der Waals surface area contributed by atoms with E-state index in [1.165, 1.54) is 35.2 Å². The van der Waals surface area contributed by atoms with E-state index in [1.807, 2.05) is 24.3 Å². The first-order valence-corrected chi connectivity index (χ1v) is 9.42. The van der Waals surface area contributed by atoms with Gasteiger partial charge < -0.3 is 0 Å². The summed E-state index contributed by atoms with van der Waals surface area (Å²) in [7, 11) is 0. The summed E-state index contributed by atoms with van der Waals surface area (Å²) in [6.07, 6.45) is -4.37. The van der Waals surface area contributed by atoms with Gasteiger partial charge in [-0.25, -0.2) is 4.98 Å². The van der Waals surface area contributed by atoms with E-state index in [0.29, 0.717) is 21.3 Å². The SMILES string of the molecule is O=c1cc(CSc2cccc(C(F)(F)F)c2)nc2sc3ccccc3n12. The first-order valence-electron chi connectivity index (χ1n) is 7.62. The molecule has 4 aromatic rings. The Morgan fingerprint density at radius 1 is 1.08 bits per heavy atom. The molecule has 0 radical (unpaired) electrons. The smallest absolute Gasteiger partial charge is 0.269 e. The van der Waals surface area contributed by atoms with Crippen LogP contribution < -0.4 is 5.56 Å². The molecule has 2 heterocycles. The van der Waals surface area contributed by atoms with Crippen molar-refractivity contribution in [2.75, 3.05) is 0 Å². The molecule has 26 heavy (non-hydrogen) atoms. The lowest BCUT2D eigenvalue weighted by Crippen LogP contribution is -2.13. The van der Waals surface area contributed by atoms with Crippen LogP contribution in [0.15, 0.2) is 64.3 Å². The van der Waals surface area contributed by atoms with E-state index in [4.69, 9.17) is 0 Å². The Bertz CT molecular complexity index is 1160. The van der Waals surface area contributed by atoms with Crippen molar-refractivity contribution in [1.29, 1.82) is 0 Å². The molecule has 0 atom stereocenters. The van der Waals surface area contributed by atoms with Crippen molar-refractivity contribution < 1.29 is 13.2 Å². The second-order valence-corrected chi connectivity index (χ2v) is 7.65. The number of fused-ring (bicyclic) bond motifs is 3. The number of benzene rings is 2. The molecular formula is C18H11F3N2OS2. The standard InChI is InChI=1S/C18H11F3N2OS2/c19-18(20,21)11-4-3-5-13(8-11)25-10-12-9-16(24)23-14-6-1-2-7-15(14)26-17(23)22-12/h1-9H,10H2. The largest absolute Gasteiger partial charge is 0.416 e. The van der Waals surface area contributed by atoms with Gasteiger partial charge in [-0.15, -0.1) is 11.8 Å². The van der Waals surface area contributed by atoms with Crippen molar-refractivity contribution in [2.45, 2.75) is 16.8 Å². The number of thiazole rings is 1. The molecule has 0 bridgehead atoms. The minimum atomic E-state index is -4.37. The summed E-state index contributed by atoms with van der Waals surface area (Å²) in [5, 5.41) is 0. The van der Waals surface area contributed by atoms with Crippen molar-refractivity contribution in [1.82, 2.24) is 9.38 Å². The third-order valence-electron chi connectivity index (χ3n) is 3.80. The average molecular weight is 392 g/mol. The van der Waals surface area contributed by atoms with Gasteiger partial charge in [-0.1, -0.05) is 29.5 Å². The van der Waals surface area contributed by atoms with Crippen molar-refractivity contribution in [3.8, 4) is 0 Å². The Hall–Kier alpha value is -2.32. The summed E-state index contributed by atoms with van der Waals surface area (Å²) in [6.45, 7) is 0. The molecule has 0 spiro atoms. The van der Waals surface area contributed by atoms with Gasteiger partial charge in [0.15, 0.2) is 4.96 Å². The lowest BCUT2D eigenvalue weighted by Gasteiger charge is -2.08. The van der Waals surface area contributed by atoms with Crippen molar-refractivity contribution in [3.05, 3.63) is 76.2 Å². The molecule has 0 aliphatic rings. The average Bonchev–Trinajstić information content (AvgIpc) is 2.98. The van der Waals surface area contributed by atoms with Crippen molar-refractivity contribution >= 4 is 38.3 Å². The molecule has 0 aliphatic heterocycles. The van der Waals surface area contributed by atoms with Crippen LogP contribution in [0.1, 0.15) is 11.3 Å². The van der Waals surface area contributed by atoms with Crippen LogP contribution >= 0.6 is 23.1 Å². The number of alkyl halides is 3. The Labute approximate surface area is 154 Å². The van der Waals surface area contributed by atoms with Crippen LogP contribution in [0, 0.1) is 0 Å². The molecule has 2 aromatic heterocycles. The predicted octanol–water partition coefficient (Wildman–Crippen LogP) is 5.22. The summed E-state index contributed by atoms with van der Waals surface area (Å²) >= 11 is 2.63. The van der Waals surface area contributed by atoms with Crippen LogP contribution in [-0.2, 0) is 11.9 Å². The Kier molecular flexibility index (Phi) is 4.24. The fraction of sp³-hybridized carbons (Fsp3) is 0.111. The highest BCUT2D eigenvalue weighted by Crippen LogP contribution is 2.32. The quantitative estimate of drug-likeness (QED) is 0.448. The monoisotopic (exact) mass is 392 g/mol. The highest BCUT2D eigenvalue weighted by Gasteiger charge is 2.30. The van der Waals surface area contributed by atoms with Gasteiger partial charge >= 0.3 is 6.18 Å². The first-order chi connectivity index (χ1) is 12.4. The molecule has 0 saturated carbocycles. The van der Waals surface area contributed by atoms with Gasteiger partial charge in [0.05, 0.1) is 21.5 Å². The molecule has 2 aromatic carbocycles. The molecule has 4 rings (SSSR count). The van der Waals surface area contributed by atoms with Crippen LogP contribution in [0.3, 0.4) is 0 Å². The Morgan fingerprint density at radius 2 is 1.88 bits per heavy atom. The summed E-state index contributed by atoms with van der Waals surface area (Å²) in [5.41, 5.74) is 0.480. The molecule has 0 fully saturated rings. The molecule has 0 unspecified atom stereocenters. The highest BCUT2D eigenvalue weighted by atomic mass is 32.2. The van der Waals surface area contributed by atoms with Crippen LogP contribution in [0.25, 0.3) is 15.2 Å². The zero-order valence-electron chi connectivity index (χ0n) is 13.2. The van der Waals surface area contributed by atoms with Gasteiger partial charge in [0.2, 0.25) is 0 Å². The third-order valence-corrected chi connectivity index (χ3v) is 5.85. The first kappa shape index (κ1) is 17.1.